The normalized spacial score (nSPS) is 12.8. The van der Waals surface area contributed by atoms with Crippen molar-refractivity contribution < 1.29 is 27.5 Å². The zero-order valence-electron chi connectivity index (χ0n) is 24.2. The molecule has 44 heavy (non-hydrogen) atoms. The van der Waals surface area contributed by atoms with E-state index in [-0.39, 0.29) is 34.5 Å². The van der Waals surface area contributed by atoms with Gasteiger partial charge < -0.3 is 10.1 Å². The van der Waals surface area contributed by atoms with Crippen LogP contribution in [0.3, 0.4) is 0 Å². The Morgan fingerprint density at radius 2 is 1.55 bits per heavy atom. The molecule has 0 saturated heterocycles. The van der Waals surface area contributed by atoms with E-state index in [1.807, 2.05) is 36.4 Å². The van der Waals surface area contributed by atoms with E-state index in [2.05, 4.69) is 5.32 Å². The molecule has 1 aliphatic carbocycles. The third-order valence-corrected chi connectivity index (χ3v) is 10.4. The van der Waals surface area contributed by atoms with Gasteiger partial charge in [0.05, 0.1) is 23.1 Å². The molecule has 0 radical (unpaired) electrons. The number of thiophene rings is 1. The minimum absolute atomic E-state index is 0.00341. The Morgan fingerprint density at radius 1 is 0.886 bits per heavy atom. The fraction of sp³-hybridized carbons (Fsp3) is 0.265. The summed E-state index contributed by atoms with van der Waals surface area (Å²) in [4.78, 5) is 40.2. The van der Waals surface area contributed by atoms with Gasteiger partial charge in [-0.2, -0.15) is 0 Å². The molecule has 3 aromatic carbocycles. The van der Waals surface area contributed by atoms with E-state index in [0.717, 1.165) is 66.5 Å². The number of esters is 1. The fourth-order valence-electron chi connectivity index (χ4n) is 5.45. The van der Waals surface area contributed by atoms with Crippen LogP contribution in [0.5, 0.6) is 0 Å². The van der Waals surface area contributed by atoms with Crippen LogP contribution in [0.15, 0.2) is 77.7 Å². The summed E-state index contributed by atoms with van der Waals surface area (Å²) in [6, 6.07) is 20.9. The van der Waals surface area contributed by atoms with Crippen molar-refractivity contribution in [2.75, 3.05) is 12.4 Å². The summed E-state index contributed by atoms with van der Waals surface area (Å²) in [6.07, 6.45) is 6.35. The largest absolute Gasteiger partial charge is 0.465 e. The number of amides is 1. The molecule has 0 spiro atoms. The van der Waals surface area contributed by atoms with E-state index < -0.39 is 9.05 Å². The smallest absolute Gasteiger partial charge is 0.337 e. The van der Waals surface area contributed by atoms with Gasteiger partial charge in [0.1, 0.15) is 0 Å². The highest BCUT2D eigenvalue weighted by atomic mass is 35.7. The quantitative estimate of drug-likeness (QED) is 0.105. The van der Waals surface area contributed by atoms with Crippen molar-refractivity contribution in [1.29, 1.82) is 0 Å². The highest BCUT2D eigenvalue weighted by Gasteiger charge is 2.27. The van der Waals surface area contributed by atoms with E-state index in [9.17, 15) is 22.8 Å². The molecule has 7 nitrogen and oxygen atoms in total. The molecule has 1 aliphatic rings. The van der Waals surface area contributed by atoms with Gasteiger partial charge in [0.2, 0.25) is 0 Å². The van der Waals surface area contributed by atoms with Gasteiger partial charge in [-0.1, -0.05) is 36.4 Å². The summed E-state index contributed by atoms with van der Waals surface area (Å²) >= 11 is 1.50. The van der Waals surface area contributed by atoms with Crippen molar-refractivity contribution in [3.05, 3.63) is 116 Å². The Balaban J connectivity index is 1.24. The van der Waals surface area contributed by atoms with Crippen LogP contribution in [0.1, 0.15) is 76.8 Å². The predicted octanol–water partition coefficient (Wildman–Crippen LogP) is 7.19. The van der Waals surface area contributed by atoms with Crippen LogP contribution in [0.2, 0.25) is 0 Å². The number of methoxy groups -OCH3 is 1. The molecule has 0 aliphatic heterocycles. The number of fused-ring (bicyclic) bond motifs is 1. The maximum atomic E-state index is 13.6. The molecule has 1 N–H and O–H groups in total. The van der Waals surface area contributed by atoms with Crippen molar-refractivity contribution in [3.8, 4) is 0 Å². The molecular weight excluding hydrogens is 618 g/mol. The zero-order chi connectivity index (χ0) is 31.3. The molecule has 10 heteroatoms. The minimum atomic E-state index is -3.97. The van der Waals surface area contributed by atoms with Gasteiger partial charge in [-0.15, -0.1) is 11.3 Å². The predicted molar refractivity (Wildman–Crippen MR) is 173 cm³/mol. The second-order valence-corrected chi connectivity index (χ2v) is 14.5. The maximum Gasteiger partial charge on any atom is 0.337 e. The number of halogens is 1. The first kappa shape index (κ1) is 31.6. The van der Waals surface area contributed by atoms with Crippen LogP contribution in [0, 0.1) is 0 Å². The molecule has 0 bridgehead atoms. The lowest BCUT2D eigenvalue weighted by molar-refractivity contribution is 0.0600. The Labute approximate surface area is 265 Å². The fourth-order valence-corrected chi connectivity index (χ4v) is 7.64. The van der Waals surface area contributed by atoms with Crippen LogP contribution in [-0.2, 0) is 45.9 Å². The van der Waals surface area contributed by atoms with Crippen LogP contribution in [0.4, 0.5) is 5.69 Å². The van der Waals surface area contributed by atoms with E-state index in [4.69, 9.17) is 15.4 Å². The van der Waals surface area contributed by atoms with Crippen LogP contribution in [-0.4, -0.2) is 33.2 Å². The van der Waals surface area contributed by atoms with Crippen molar-refractivity contribution >= 4 is 54.4 Å². The minimum Gasteiger partial charge on any atom is -0.465 e. The van der Waals surface area contributed by atoms with E-state index in [1.54, 1.807) is 18.2 Å². The number of Topliss-reactive ketones (excluding diaryl/α,β-unsaturated/α-hetero) is 1. The molecule has 1 heterocycles. The third kappa shape index (κ3) is 7.64. The number of benzene rings is 3. The number of carbonyl (C=O) groups excluding carboxylic acids is 3. The highest BCUT2D eigenvalue weighted by molar-refractivity contribution is 8.13. The standard InChI is InChI=1S/C34H32ClNO6S2/c1-42-34(39)24-16-12-22(13-17-24)6-4-7-23-14-18-26(19-15-23)36-33(38)32-28-10-2-3-11-30(28)43-31(32)21-29(37)25-8-5-9-27(20-25)44(35,40)41/h5,8-9,12-20H,2-4,6-7,10-11,21H2,1H3,(H,36,38). The number of nitrogens with one attached hydrogen (secondary N) is 1. The van der Waals surface area contributed by atoms with E-state index >= 15 is 0 Å². The second-order valence-electron chi connectivity index (χ2n) is 10.8. The van der Waals surface area contributed by atoms with Gasteiger partial charge in [-0.05, 0) is 98.0 Å². The molecule has 0 atom stereocenters. The van der Waals surface area contributed by atoms with Gasteiger partial charge in [-0.25, -0.2) is 13.2 Å². The Morgan fingerprint density at radius 3 is 2.20 bits per heavy atom. The van der Waals surface area contributed by atoms with Crippen LogP contribution in [0.25, 0.3) is 0 Å². The summed E-state index contributed by atoms with van der Waals surface area (Å²) in [5.41, 5.74) is 5.30. The average molecular weight is 650 g/mol. The van der Waals surface area contributed by atoms with Crippen molar-refractivity contribution in [2.24, 2.45) is 0 Å². The van der Waals surface area contributed by atoms with Gasteiger partial charge >= 0.3 is 5.97 Å². The monoisotopic (exact) mass is 649 g/mol. The van der Waals surface area contributed by atoms with Crippen molar-refractivity contribution in [3.63, 3.8) is 0 Å². The summed E-state index contributed by atoms with van der Waals surface area (Å²) < 4.78 is 28.3. The van der Waals surface area contributed by atoms with Crippen LogP contribution >= 0.6 is 22.0 Å². The lowest BCUT2D eigenvalue weighted by atomic mass is 9.93. The Bertz CT molecular complexity index is 1790. The number of anilines is 1. The number of ketones is 1. The van der Waals surface area contributed by atoms with E-state index in [1.165, 1.54) is 36.6 Å². The van der Waals surface area contributed by atoms with Crippen molar-refractivity contribution in [2.45, 2.75) is 56.3 Å². The summed E-state index contributed by atoms with van der Waals surface area (Å²) in [7, 11) is 2.88. The molecule has 4 aromatic rings. The molecule has 1 amide bonds. The van der Waals surface area contributed by atoms with E-state index in [0.29, 0.717) is 21.7 Å². The van der Waals surface area contributed by atoms with Crippen molar-refractivity contribution in [1.82, 2.24) is 0 Å². The first-order valence-electron chi connectivity index (χ1n) is 14.4. The van der Waals surface area contributed by atoms with Gasteiger partial charge in [-0.3, -0.25) is 9.59 Å². The maximum absolute atomic E-state index is 13.6. The number of hydrogen-bond donors (Lipinski definition) is 1. The summed E-state index contributed by atoms with van der Waals surface area (Å²) in [5.74, 6) is -0.865. The highest BCUT2D eigenvalue weighted by Crippen LogP contribution is 2.36. The molecule has 0 fully saturated rings. The lowest BCUT2D eigenvalue weighted by Gasteiger charge is -2.13. The Kier molecular flexibility index (Phi) is 9.98. The SMILES string of the molecule is COC(=O)c1ccc(CCCc2ccc(NC(=O)c3c(CC(=O)c4cccc(S(=O)(=O)Cl)c4)sc4c3CCCC4)cc2)cc1. The molecule has 0 saturated carbocycles. The molecular formula is C34H32ClNO6S2. The second kappa shape index (κ2) is 13.9. The van der Waals surface area contributed by atoms with Gasteiger partial charge in [0, 0.05) is 38.1 Å². The Hall–Kier alpha value is -3.79. The molecule has 0 unspecified atom stereocenters. The third-order valence-electron chi connectivity index (χ3n) is 7.75. The number of hydrogen-bond acceptors (Lipinski definition) is 7. The lowest BCUT2D eigenvalue weighted by Crippen LogP contribution is -2.17. The summed E-state index contributed by atoms with van der Waals surface area (Å²) in [6.45, 7) is 0. The molecule has 5 rings (SSSR count). The summed E-state index contributed by atoms with van der Waals surface area (Å²) in [5, 5.41) is 3.03. The first-order valence-corrected chi connectivity index (χ1v) is 17.5. The number of aryl methyl sites for hydroxylation is 3. The number of rotatable bonds is 11. The van der Waals surface area contributed by atoms with Gasteiger partial charge in [0.15, 0.2) is 5.78 Å². The first-order chi connectivity index (χ1) is 21.1. The van der Waals surface area contributed by atoms with Crippen LogP contribution < -0.4 is 5.32 Å². The molecule has 228 valence electrons. The molecule has 1 aromatic heterocycles. The zero-order valence-corrected chi connectivity index (χ0v) is 26.6. The topological polar surface area (TPSA) is 107 Å². The average Bonchev–Trinajstić information content (AvgIpc) is 3.39. The van der Waals surface area contributed by atoms with Gasteiger partial charge in [0.25, 0.3) is 15.0 Å². The number of ether oxygens (including phenoxy) is 1. The number of carbonyl (C=O) groups is 3.